The van der Waals surface area contributed by atoms with Crippen LogP contribution in [0.2, 0.25) is 0 Å². The maximum absolute atomic E-state index is 16.1. The van der Waals surface area contributed by atoms with E-state index in [1.165, 1.54) is 13.1 Å². The molecule has 2 heterocycles. The predicted octanol–water partition coefficient (Wildman–Crippen LogP) is 3.52. The van der Waals surface area contributed by atoms with E-state index in [-0.39, 0.29) is 18.8 Å². The molecule has 1 aliphatic heterocycles. The van der Waals surface area contributed by atoms with Gasteiger partial charge in [-0.3, -0.25) is 14.3 Å². The van der Waals surface area contributed by atoms with Crippen LogP contribution in [0, 0.1) is 12.3 Å². The van der Waals surface area contributed by atoms with Gasteiger partial charge in [0.1, 0.15) is 24.8 Å². The number of nitrogens with one attached hydrogen (secondary N) is 1. The highest BCUT2D eigenvalue weighted by molar-refractivity contribution is 8.00. The van der Waals surface area contributed by atoms with Crippen LogP contribution in [0.5, 0.6) is 0 Å². The minimum atomic E-state index is -1.67. The summed E-state index contributed by atoms with van der Waals surface area (Å²) in [7, 11) is 0. The molecule has 3 aromatic rings. The molecular formula is C26H25FN2O6S. The molecule has 0 aliphatic carbocycles. The summed E-state index contributed by atoms with van der Waals surface area (Å²) in [6.07, 6.45) is -0.366. The lowest BCUT2D eigenvalue weighted by Gasteiger charge is -2.31. The molecule has 36 heavy (non-hydrogen) atoms. The number of hydrogen-bond acceptors (Lipinski definition) is 7. The summed E-state index contributed by atoms with van der Waals surface area (Å²) in [6, 6.07) is 16.7. The lowest BCUT2D eigenvalue weighted by Crippen LogP contribution is -2.43. The van der Waals surface area contributed by atoms with Crippen LogP contribution >= 0.6 is 11.8 Å². The number of nitrogens with zero attached hydrogens (tertiary/aromatic N) is 1. The zero-order valence-corrected chi connectivity index (χ0v) is 20.5. The summed E-state index contributed by atoms with van der Waals surface area (Å²) in [5.41, 5.74) is -1.70. The third kappa shape index (κ3) is 5.13. The van der Waals surface area contributed by atoms with E-state index in [1.54, 1.807) is 67.6 Å². The summed E-state index contributed by atoms with van der Waals surface area (Å²) in [5, 5.41) is -1.69. The van der Waals surface area contributed by atoms with Crippen molar-refractivity contribution in [1.29, 1.82) is 0 Å². The van der Waals surface area contributed by atoms with Crippen LogP contribution < -0.4 is 11.2 Å². The van der Waals surface area contributed by atoms with Gasteiger partial charge in [0, 0.05) is 11.8 Å². The molecule has 2 aromatic carbocycles. The molecule has 10 heteroatoms. The quantitative estimate of drug-likeness (QED) is 0.483. The van der Waals surface area contributed by atoms with Crippen molar-refractivity contribution in [2.24, 2.45) is 5.41 Å². The number of benzene rings is 2. The van der Waals surface area contributed by atoms with Gasteiger partial charge in [-0.25, -0.2) is 18.8 Å². The minimum absolute atomic E-state index is 0.175. The number of alkyl halides is 1. The van der Waals surface area contributed by atoms with Gasteiger partial charge in [-0.15, -0.1) is 11.8 Å². The molecule has 0 radical (unpaired) electrons. The van der Waals surface area contributed by atoms with E-state index in [1.807, 2.05) is 0 Å². The molecule has 1 fully saturated rings. The van der Waals surface area contributed by atoms with E-state index >= 15 is 4.39 Å². The Morgan fingerprint density at radius 1 is 1.00 bits per heavy atom. The lowest BCUT2D eigenvalue weighted by atomic mass is 9.82. The number of H-pyrrole nitrogens is 1. The SMILES string of the molecule is Cc1cn([C@@H]2S[C@H](COC(=O)c3ccccc3)[C@@](C)(COC(=O)c3ccccc3)[C@@H]2F)c(=O)[nH]c1=O. The molecule has 1 aromatic heterocycles. The van der Waals surface area contributed by atoms with Crippen molar-refractivity contribution in [3.8, 4) is 0 Å². The molecule has 1 aliphatic rings. The van der Waals surface area contributed by atoms with Gasteiger partial charge in [-0.05, 0) is 31.2 Å². The second-order valence-electron chi connectivity index (χ2n) is 8.81. The average Bonchev–Trinajstić information content (AvgIpc) is 3.14. The Morgan fingerprint density at radius 2 is 1.56 bits per heavy atom. The largest absolute Gasteiger partial charge is 0.461 e. The molecule has 8 nitrogen and oxygen atoms in total. The van der Waals surface area contributed by atoms with Gasteiger partial charge >= 0.3 is 17.6 Å². The number of carbonyl (C=O) groups is 2. The van der Waals surface area contributed by atoms with Crippen molar-refractivity contribution in [2.75, 3.05) is 13.2 Å². The number of hydrogen-bond donors (Lipinski definition) is 1. The Labute approximate surface area is 210 Å². The summed E-state index contributed by atoms with van der Waals surface area (Å²) in [6.45, 7) is 2.62. The van der Waals surface area contributed by atoms with Crippen molar-refractivity contribution < 1.29 is 23.5 Å². The zero-order valence-electron chi connectivity index (χ0n) is 19.7. The first-order valence-electron chi connectivity index (χ1n) is 11.3. The van der Waals surface area contributed by atoms with Gasteiger partial charge in [0.2, 0.25) is 0 Å². The summed E-state index contributed by atoms with van der Waals surface area (Å²) in [4.78, 5) is 51.6. The van der Waals surface area contributed by atoms with E-state index in [2.05, 4.69) is 4.98 Å². The van der Waals surface area contributed by atoms with Gasteiger partial charge in [0.05, 0.1) is 21.8 Å². The number of thioether (sulfide) groups is 1. The first kappa shape index (κ1) is 25.4. The second kappa shape index (κ2) is 10.5. The highest BCUT2D eigenvalue weighted by atomic mass is 32.2. The Morgan fingerprint density at radius 3 is 2.14 bits per heavy atom. The van der Waals surface area contributed by atoms with E-state index in [0.29, 0.717) is 11.1 Å². The van der Waals surface area contributed by atoms with Crippen molar-refractivity contribution in [2.45, 2.75) is 30.6 Å². The molecule has 4 rings (SSSR count). The molecule has 1 saturated heterocycles. The van der Waals surface area contributed by atoms with Crippen molar-refractivity contribution >= 4 is 23.7 Å². The lowest BCUT2D eigenvalue weighted by molar-refractivity contribution is -0.00253. The maximum atomic E-state index is 16.1. The molecular weight excluding hydrogens is 487 g/mol. The molecule has 1 N–H and O–H groups in total. The van der Waals surface area contributed by atoms with E-state index in [0.717, 1.165) is 16.3 Å². The first-order chi connectivity index (χ1) is 17.2. The zero-order chi connectivity index (χ0) is 25.9. The normalized spacial score (nSPS) is 23.2. The number of rotatable bonds is 7. The van der Waals surface area contributed by atoms with Crippen LogP contribution in [0.15, 0.2) is 76.4 Å². The minimum Gasteiger partial charge on any atom is -0.461 e. The number of carbonyl (C=O) groups excluding carboxylic acids is 2. The molecule has 0 amide bonds. The Hall–Kier alpha value is -3.66. The average molecular weight is 513 g/mol. The van der Waals surface area contributed by atoms with Gasteiger partial charge in [0.15, 0.2) is 0 Å². The van der Waals surface area contributed by atoms with Gasteiger partial charge in [0.25, 0.3) is 5.56 Å². The third-order valence-corrected chi connectivity index (χ3v) is 7.99. The molecule has 0 spiro atoms. The third-order valence-electron chi connectivity index (χ3n) is 6.24. The smallest absolute Gasteiger partial charge is 0.338 e. The van der Waals surface area contributed by atoms with Crippen LogP contribution in [0.3, 0.4) is 0 Å². The highest BCUT2D eigenvalue weighted by Crippen LogP contribution is 2.54. The number of aromatic amines is 1. The molecule has 0 unspecified atom stereocenters. The molecule has 4 atom stereocenters. The standard InChI is InChI=1S/C26H25FN2O6S/c1-16-13-29(25(33)28-21(16)30)22-20(27)26(2,15-35-24(32)18-11-7-4-8-12-18)19(36-22)14-34-23(31)17-9-5-3-6-10-17/h3-13,19-20,22H,14-15H2,1-2H3,(H,28,30,33)/t19-,20-,22-,26-/m1/s1. The monoisotopic (exact) mass is 512 g/mol. The summed E-state index contributed by atoms with van der Waals surface area (Å²) < 4.78 is 28.2. The topological polar surface area (TPSA) is 107 Å². The van der Waals surface area contributed by atoms with Crippen LogP contribution in [-0.2, 0) is 9.47 Å². The molecule has 0 bridgehead atoms. The van der Waals surface area contributed by atoms with Crippen LogP contribution in [0.25, 0.3) is 0 Å². The number of aryl methyl sites for hydroxylation is 1. The van der Waals surface area contributed by atoms with Gasteiger partial charge < -0.3 is 9.47 Å². The van der Waals surface area contributed by atoms with E-state index < -0.39 is 45.4 Å². The fourth-order valence-corrected chi connectivity index (χ4v) is 5.70. The highest BCUT2D eigenvalue weighted by Gasteiger charge is 2.56. The Balaban J connectivity index is 1.59. The predicted molar refractivity (Wildman–Crippen MR) is 133 cm³/mol. The number of halogens is 1. The van der Waals surface area contributed by atoms with Crippen molar-refractivity contribution in [3.63, 3.8) is 0 Å². The Bertz CT molecular complexity index is 1360. The van der Waals surface area contributed by atoms with Crippen molar-refractivity contribution in [1.82, 2.24) is 9.55 Å². The van der Waals surface area contributed by atoms with Crippen molar-refractivity contribution in [3.05, 3.63) is 104 Å². The number of aromatic nitrogens is 2. The number of esters is 2. The number of ether oxygens (including phenoxy) is 2. The van der Waals surface area contributed by atoms with Gasteiger partial charge in [-0.1, -0.05) is 43.3 Å². The first-order valence-corrected chi connectivity index (χ1v) is 12.2. The second-order valence-corrected chi connectivity index (χ2v) is 10.1. The van der Waals surface area contributed by atoms with Crippen LogP contribution in [-0.4, -0.2) is 46.1 Å². The fourth-order valence-electron chi connectivity index (χ4n) is 3.97. The fraction of sp³-hybridized carbons (Fsp3) is 0.308. The Kier molecular flexibility index (Phi) is 7.44. The van der Waals surface area contributed by atoms with Crippen LogP contribution in [0.4, 0.5) is 4.39 Å². The van der Waals surface area contributed by atoms with Crippen LogP contribution in [0.1, 0.15) is 38.6 Å². The molecule has 0 saturated carbocycles. The molecule has 188 valence electrons. The van der Waals surface area contributed by atoms with Gasteiger partial charge in [-0.2, -0.15) is 0 Å². The van der Waals surface area contributed by atoms with E-state index in [9.17, 15) is 19.2 Å². The summed E-state index contributed by atoms with van der Waals surface area (Å²) >= 11 is 1.09. The van der Waals surface area contributed by atoms with E-state index in [4.69, 9.17) is 9.47 Å². The maximum Gasteiger partial charge on any atom is 0.338 e. The summed E-state index contributed by atoms with van der Waals surface area (Å²) in [5.74, 6) is -1.19.